The number of nitrogens with one attached hydrogen (secondary N) is 2. The van der Waals surface area contributed by atoms with Gasteiger partial charge in [0.15, 0.2) is 0 Å². The fraction of sp³-hybridized carbons (Fsp3) is 0.579. The Morgan fingerprint density at radius 1 is 1.28 bits per heavy atom. The lowest BCUT2D eigenvalue weighted by atomic mass is 10.1. The van der Waals surface area contributed by atoms with E-state index < -0.39 is 0 Å². The van der Waals surface area contributed by atoms with E-state index in [1.807, 2.05) is 19.9 Å². The van der Waals surface area contributed by atoms with Crippen LogP contribution >= 0.6 is 0 Å². The Kier molecular flexibility index (Phi) is 7.25. The largest absolute Gasteiger partial charge is 0.355 e. The van der Waals surface area contributed by atoms with Gasteiger partial charge in [-0.15, -0.1) is 0 Å². The molecule has 3 amide bonds. The fourth-order valence-corrected chi connectivity index (χ4v) is 3.22. The highest BCUT2D eigenvalue weighted by Gasteiger charge is 2.29. The third-order valence-corrected chi connectivity index (χ3v) is 4.75. The van der Waals surface area contributed by atoms with E-state index in [0.29, 0.717) is 19.1 Å². The fourth-order valence-electron chi connectivity index (χ4n) is 3.22. The molecule has 1 aromatic carbocycles. The Labute approximate surface area is 150 Å². The molecule has 0 unspecified atom stereocenters. The van der Waals surface area contributed by atoms with Crippen molar-refractivity contribution in [2.75, 3.05) is 32.7 Å². The van der Waals surface area contributed by atoms with Crippen molar-refractivity contribution >= 4 is 11.9 Å². The van der Waals surface area contributed by atoms with Crippen molar-refractivity contribution in [3.8, 4) is 0 Å². The smallest absolute Gasteiger partial charge is 0.318 e. The van der Waals surface area contributed by atoms with Gasteiger partial charge in [0.25, 0.3) is 0 Å². The zero-order chi connectivity index (χ0) is 18.2. The van der Waals surface area contributed by atoms with Crippen LogP contribution in [0.15, 0.2) is 30.3 Å². The minimum Gasteiger partial charge on any atom is -0.355 e. The Balaban J connectivity index is 1.85. The van der Waals surface area contributed by atoms with E-state index in [1.165, 1.54) is 5.56 Å². The van der Waals surface area contributed by atoms with E-state index in [-0.39, 0.29) is 24.5 Å². The van der Waals surface area contributed by atoms with Crippen molar-refractivity contribution in [2.24, 2.45) is 0 Å². The molecule has 0 spiro atoms. The quantitative estimate of drug-likeness (QED) is 0.794. The second-order valence-electron chi connectivity index (χ2n) is 6.48. The summed E-state index contributed by atoms with van der Waals surface area (Å²) < 4.78 is 0. The van der Waals surface area contributed by atoms with Crippen LogP contribution in [-0.2, 0) is 4.79 Å². The summed E-state index contributed by atoms with van der Waals surface area (Å²) in [6.45, 7) is 8.95. The van der Waals surface area contributed by atoms with Crippen LogP contribution in [0.25, 0.3) is 0 Å². The van der Waals surface area contributed by atoms with Gasteiger partial charge >= 0.3 is 6.03 Å². The van der Waals surface area contributed by atoms with Gasteiger partial charge in [0.2, 0.25) is 5.91 Å². The average molecular weight is 346 g/mol. The highest BCUT2D eigenvalue weighted by atomic mass is 16.2. The number of hydrogen-bond acceptors (Lipinski definition) is 3. The zero-order valence-corrected chi connectivity index (χ0v) is 15.5. The van der Waals surface area contributed by atoms with Crippen LogP contribution in [0.3, 0.4) is 0 Å². The number of likely N-dealkylation sites (N-methyl/N-ethyl adjacent to an activating group) is 2. The lowest BCUT2D eigenvalue weighted by Crippen LogP contribution is -2.49. The number of urea groups is 1. The minimum absolute atomic E-state index is 0.104. The average Bonchev–Trinajstić information content (AvgIpc) is 3.08. The normalized spacial score (nSPS) is 18.6. The van der Waals surface area contributed by atoms with Crippen molar-refractivity contribution in [3.63, 3.8) is 0 Å². The molecule has 0 saturated carbocycles. The molecule has 0 bridgehead atoms. The number of hydrogen-bond donors (Lipinski definition) is 2. The topological polar surface area (TPSA) is 64.7 Å². The van der Waals surface area contributed by atoms with E-state index >= 15 is 0 Å². The standard InChI is InChI=1S/C19H30N4O2/c1-4-20-18(24)14-22(5-2)19(25)21-17-11-12-23(13-17)15(3)16-9-7-6-8-10-16/h6-10,15,17H,4-5,11-14H2,1-3H3,(H,20,24)(H,21,25)/t15-,17-/m0/s1. The van der Waals surface area contributed by atoms with Crippen LogP contribution in [0.2, 0.25) is 0 Å². The molecule has 1 fully saturated rings. The molecule has 1 heterocycles. The second kappa shape index (κ2) is 9.42. The minimum atomic E-state index is -0.159. The molecule has 1 aliphatic heterocycles. The first-order valence-electron chi connectivity index (χ1n) is 9.16. The summed E-state index contributed by atoms with van der Waals surface area (Å²) in [5.41, 5.74) is 1.29. The summed E-state index contributed by atoms with van der Waals surface area (Å²) in [4.78, 5) is 28.1. The van der Waals surface area contributed by atoms with Crippen LogP contribution < -0.4 is 10.6 Å². The number of rotatable bonds is 7. The van der Waals surface area contributed by atoms with Crippen molar-refractivity contribution < 1.29 is 9.59 Å². The van der Waals surface area contributed by atoms with Gasteiger partial charge < -0.3 is 15.5 Å². The first-order chi connectivity index (χ1) is 12.0. The summed E-state index contributed by atoms with van der Waals surface area (Å²) in [7, 11) is 0. The van der Waals surface area contributed by atoms with Gasteiger partial charge in [-0.1, -0.05) is 30.3 Å². The van der Waals surface area contributed by atoms with E-state index in [4.69, 9.17) is 0 Å². The third kappa shape index (κ3) is 5.46. The summed E-state index contributed by atoms with van der Waals surface area (Å²) in [6.07, 6.45) is 0.932. The molecule has 0 aliphatic carbocycles. The second-order valence-corrected chi connectivity index (χ2v) is 6.48. The van der Waals surface area contributed by atoms with Crippen LogP contribution in [0.5, 0.6) is 0 Å². The van der Waals surface area contributed by atoms with Crippen LogP contribution in [0, 0.1) is 0 Å². The molecule has 1 aromatic rings. The molecule has 1 aliphatic rings. The molecule has 1 saturated heterocycles. The Morgan fingerprint density at radius 3 is 2.64 bits per heavy atom. The number of nitrogens with zero attached hydrogens (tertiary/aromatic N) is 2. The van der Waals surface area contributed by atoms with Crippen LogP contribution in [0.1, 0.15) is 38.8 Å². The van der Waals surface area contributed by atoms with E-state index in [1.54, 1.807) is 4.90 Å². The molecule has 0 radical (unpaired) electrons. The molecule has 138 valence electrons. The summed E-state index contributed by atoms with van der Waals surface area (Å²) in [6, 6.07) is 10.7. The molecule has 25 heavy (non-hydrogen) atoms. The molecule has 2 rings (SSSR count). The number of benzene rings is 1. The van der Waals surface area contributed by atoms with Gasteiger partial charge in [0.05, 0.1) is 0 Å². The molecule has 2 N–H and O–H groups in total. The van der Waals surface area contributed by atoms with Gasteiger partial charge in [-0.2, -0.15) is 0 Å². The number of likely N-dealkylation sites (tertiary alicyclic amines) is 1. The van der Waals surface area contributed by atoms with Crippen molar-refractivity contribution in [1.82, 2.24) is 20.4 Å². The Hall–Kier alpha value is -2.08. The van der Waals surface area contributed by atoms with Crippen LogP contribution in [-0.4, -0.2) is 60.5 Å². The molecule has 6 nitrogen and oxygen atoms in total. The molecule has 0 aromatic heterocycles. The lowest BCUT2D eigenvalue weighted by molar-refractivity contribution is -0.121. The SMILES string of the molecule is CCNC(=O)CN(CC)C(=O)N[C@H]1CCN([C@@H](C)c2ccccc2)C1. The van der Waals surface area contributed by atoms with Gasteiger partial charge in [0.1, 0.15) is 6.54 Å². The summed E-state index contributed by atoms with van der Waals surface area (Å²) in [5.74, 6) is -0.120. The van der Waals surface area contributed by atoms with Gasteiger partial charge in [-0.3, -0.25) is 9.69 Å². The van der Waals surface area contributed by atoms with Crippen molar-refractivity contribution in [1.29, 1.82) is 0 Å². The van der Waals surface area contributed by atoms with Crippen molar-refractivity contribution in [2.45, 2.75) is 39.3 Å². The Morgan fingerprint density at radius 2 is 2.00 bits per heavy atom. The van der Waals surface area contributed by atoms with E-state index in [0.717, 1.165) is 19.5 Å². The molecule has 6 heteroatoms. The maximum Gasteiger partial charge on any atom is 0.318 e. The van der Waals surface area contributed by atoms with Gasteiger partial charge in [0, 0.05) is 38.3 Å². The molecule has 2 atom stereocenters. The van der Waals surface area contributed by atoms with Crippen molar-refractivity contribution in [3.05, 3.63) is 35.9 Å². The number of carbonyl (C=O) groups excluding carboxylic acids is 2. The first kappa shape index (κ1) is 19.2. The number of carbonyl (C=O) groups is 2. The predicted molar refractivity (Wildman–Crippen MR) is 99.3 cm³/mol. The lowest BCUT2D eigenvalue weighted by Gasteiger charge is -2.26. The maximum absolute atomic E-state index is 12.4. The zero-order valence-electron chi connectivity index (χ0n) is 15.5. The predicted octanol–water partition coefficient (Wildman–Crippen LogP) is 1.99. The highest BCUT2D eigenvalue weighted by molar-refractivity contribution is 5.84. The van der Waals surface area contributed by atoms with Gasteiger partial charge in [-0.25, -0.2) is 4.79 Å². The molecular formula is C19H30N4O2. The highest BCUT2D eigenvalue weighted by Crippen LogP contribution is 2.24. The monoisotopic (exact) mass is 346 g/mol. The third-order valence-electron chi connectivity index (χ3n) is 4.75. The molecular weight excluding hydrogens is 316 g/mol. The van der Waals surface area contributed by atoms with Crippen LogP contribution in [0.4, 0.5) is 4.79 Å². The number of amides is 3. The summed E-state index contributed by atoms with van der Waals surface area (Å²) in [5, 5.41) is 5.81. The van der Waals surface area contributed by atoms with Gasteiger partial charge in [-0.05, 0) is 32.8 Å². The Bertz CT molecular complexity index is 564. The van der Waals surface area contributed by atoms with E-state index in [9.17, 15) is 9.59 Å². The maximum atomic E-state index is 12.4. The first-order valence-corrected chi connectivity index (χ1v) is 9.16. The summed E-state index contributed by atoms with van der Waals surface area (Å²) >= 11 is 0. The van der Waals surface area contributed by atoms with E-state index in [2.05, 4.69) is 46.7 Å².